The minimum atomic E-state index is -0.581. The van der Waals surface area contributed by atoms with Crippen molar-refractivity contribution in [3.05, 3.63) is 54.6 Å². The molecule has 6 heteroatoms. The van der Waals surface area contributed by atoms with E-state index >= 15 is 0 Å². The molecule has 1 amide bonds. The molecular weight excluding hydrogens is 356 g/mol. The Hall–Kier alpha value is -2.57. The lowest BCUT2D eigenvalue weighted by Crippen LogP contribution is -2.51. The number of ether oxygens (including phenoxy) is 2. The van der Waals surface area contributed by atoms with Gasteiger partial charge in [-0.15, -0.1) is 0 Å². The predicted octanol–water partition coefficient (Wildman–Crippen LogP) is 2.87. The maximum Gasteiger partial charge on any atom is 0.409 e. The van der Waals surface area contributed by atoms with Gasteiger partial charge in [-0.3, -0.25) is 4.90 Å². The van der Waals surface area contributed by atoms with E-state index in [0.717, 1.165) is 30.0 Å². The molecule has 0 bridgehead atoms. The van der Waals surface area contributed by atoms with E-state index in [1.54, 1.807) is 11.8 Å². The number of amides is 1. The van der Waals surface area contributed by atoms with Crippen LogP contribution in [0.5, 0.6) is 5.75 Å². The van der Waals surface area contributed by atoms with Gasteiger partial charge >= 0.3 is 6.09 Å². The van der Waals surface area contributed by atoms with Crippen molar-refractivity contribution in [3.63, 3.8) is 0 Å². The number of hydrogen-bond acceptors (Lipinski definition) is 5. The highest BCUT2D eigenvalue weighted by atomic mass is 16.6. The number of piperazine rings is 1. The SMILES string of the molecule is CCOC(=O)N1CCN(C[C@@H](O)COc2ccc(-c3ccccc3)cc2)CC1. The summed E-state index contributed by atoms with van der Waals surface area (Å²) in [5, 5.41) is 10.3. The largest absolute Gasteiger partial charge is 0.491 e. The zero-order valence-corrected chi connectivity index (χ0v) is 16.3. The van der Waals surface area contributed by atoms with Crippen molar-refractivity contribution in [2.45, 2.75) is 13.0 Å². The van der Waals surface area contributed by atoms with E-state index < -0.39 is 6.10 Å². The van der Waals surface area contributed by atoms with Crippen LogP contribution >= 0.6 is 0 Å². The number of benzene rings is 2. The summed E-state index contributed by atoms with van der Waals surface area (Å²) in [5.41, 5.74) is 2.30. The fourth-order valence-corrected chi connectivity index (χ4v) is 3.25. The number of rotatable bonds is 7. The first-order chi connectivity index (χ1) is 13.7. The van der Waals surface area contributed by atoms with Crippen LogP contribution in [-0.4, -0.2) is 73.0 Å². The molecule has 0 aromatic heterocycles. The summed E-state index contributed by atoms with van der Waals surface area (Å²) in [6.07, 6.45) is -0.840. The molecule has 0 unspecified atom stereocenters. The van der Waals surface area contributed by atoms with Crippen molar-refractivity contribution in [1.29, 1.82) is 0 Å². The van der Waals surface area contributed by atoms with Gasteiger partial charge in [-0.1, -0.05) is 42.5 Å². The highest BCUT2D eigenvalue weighted by molar-refractivity contribution is 5.67. The Balaban J connectivity index is 1.40. The molecule has 1 saturated heterocycles. The van der Waals surface area contributed by atoms with Gasteiger partial charge in [0.25, 0.3) is 0 Å². The molecule has 1 fully saturated rings. The van der Waals surface area contributed by atoms with Crippen LogP contribution in [0.4, 0.5) is 4.79 Å². The van der Waals surface area contributed by atoms with E-state index in [9.17, 15) is 9.90 Å². The monoisotopic (exact) mass is 384 g/mol. The van der Waals surface area contributed by atoms with Crippen molar-refractivity contribution in [1.82, 2.24) is 9.80 Å². The van der Waals surface area contributed by atoms with Crippen molar-refractivity contribution >= 4 is 6.09 Å². The average Bonchev–Trinajstić information content (AvgIpc) is 2.74. The number of aliphatic hydroxyl groups excluding tert-OH is 1. The lowest BCUT2D eigenvalue weighted by molar-refractivity contribution is 0.0408. The lowest BCUT2D eigenvalue weighted by Gasteiger charge is -2.34. The molecule has 6 nitrogen and oxygen atoms in total. The number of hydrogen-bond donors (Lipinski definition) is 1. The minimum absolute atomic E-state index is 0.239. The number of carbonyl (C=O) groups is 1. The number of β-amino-alcohol motifs (C(OH)–C–C–N with tert-alkyl or cyclic N) is 1. The molecular formula is C22H28N2O4. The fraction of sp³-hybridized carbons (Fsp3) is 0.409. The highest BCUT2D eigenvalue weighted by Gasteiger charge is 2.23. The van der Waals surface area contributed by atoms with Crippen LogP contribution in [0.3, 0.4) is 0 Å². The van der Waals surface area contributed by atoms with Gasteiger partial charge in [-0.2, -0.15) is 0 Å². The van der Waals surface area contributed by atoms with Crippen molar-refractivity contribution in [2.75, 3.05) is 45.9 Å². The van der Waals surface area contributed by atoms with Gasteiger partial charge in [-0.25, -0.2) is 4.79 Å². The normalized spacial score (nSPS) is 15.9. The summed E-state index contributed by atoms with van der Waals surface area (Å²) in [4.78, 5) is 15.6. The summed E-state index contributed by atoms with van der Waals surface area (Å²) < 4.78 is 10.8. The maximum absolute atomic E-state index is 11.7. The van der Waals surface area contributed by atoms with Crippen LogP contribution in [0.25, 0.3) is 11.1 Å². The van der Waals surface area contributed by atoms with Crippen LogP contribution in [0, 0.1) is 0 Å². The molecule has 2 aromatic carbocycles. The molecule has 2 aromatic rings. The van der Waals surface area contributed by atoms with E-state index in [1.807, 2.05) is 42.5 Å². The first kappa shape index (κ1) is 20.2. The van der Waals surface area contributed by atoms with Gasteiger partial charge in [-0.05, 0) is 30.2 Å². The molecule has 0 spiro atoms. The molecule has 0 aliphatic carbocycles. The van der Waals surface area contributed by atoms with Crippen LogP contribution in [0.1, 0.15) is 6.92 Å². The summed E-state index contributed by atoms with van der Waals surface area (Å²) in [5.74, 6) is 0.742. The minimum Gasteiger partial charge on any atom is -0.491 e. The summed E-state index contributed by atoms with van der Waals surface area (Å²) in [6.45, 7) is 5.65. The molecule has 150 valence electrons. The van der Waals surface area contributed by atoms with E-state index in [2.05, 4.69) is 17.0 Å². The third-order valence-corrected chi connectivity index (χ3v) is 4.77. The quantitative estimate of drug-likeness (QED) is 0.795. The van der Waals surface area contributed by atoms with Gasteiger partial charge in [0.1, 0.15) is 18.5 Å². The average molecular weight is 384 g/mol. The second-order valence-corrected chi connectivity index (χ2v) is 6.84. The van der Waals surface area contributed by atoms with Crippen LogP contribution < -0.4 is 4.74 Å². The Bertz CT molecular complexity index is 728. The van der Waals surface area contributed by atoms with Crippen LogP contribution in [0.2, 0.25) is 0 Å². The standard InChI is InChI=1S/C22H28N2O4/c1-2-27-22(26)24-14-12-23(13-15-24)16-20(25)17-28-21-10-8-19(9-11-21)18-6-4-3-5-7-18/h3-11,20,25H,2,12-17H2,1H3/t20-/m1/s1. The van der Waals surface area contributed by atoms with E-state index in [-0.39, 0.29) is 12.7 Å². The fourth-order valence-electron chi connectivity index (χ4n) is 3.25. The summed E-state index contributed by atoms with van der Waals surface area (Å²) >= 11 is 0. The second kappa shape index (κ2) is 10.1. The topological polar surface area (TPSA) is 62.2 Å². The molecule has 1 heterocycles. The van der Waals surface area contributed by atoms with Crippen molar-refractivity contribution in [2.24, 2.45) is 0 Å². The molecule has 0 saturated carbocycles. The third kappa shape index (κ3) is 5.71. The maximum atomic E-state index is 11.7. The van der Waals surface area contributed by atoms with Crippen molar-refractivity contribution in [3.8, 4) is 16.9 Å². The number of carbonyl (C=O) groups excluding carboxylic acids is 1. The number of aliphatic hydroxyl groups is 1. The molecule has 0 radical (unpaired) electrons. The number of nitrogens with zero attached hydrogens (tertiary/aromatic N) is 2. The molecule has 3 rings (SSSR count). The Morgan fingerprint density at radius 3 is 2.29 bits per heavy atom. The lowest BCUT2D eigenvalue weighted by atomic mass is 10.1. The predicted molar refractivity (Wildman–Crippen MR) is 108 cm³/mol. The smallest absolute Gasteiger partial charge is 0.409 e. The Kier molecular flexibility index (Phi) is 7.28. The first-order valence-electron chi connectivity index (χ1n) is 9.76. The van der Waals surface area contributed by atoms with E-state index in [0.29, 0.717) is 26.2 Å². The Morgan fingerprint density at radius 2 is 1.64 bits per heavy atom. The van der Waals surface area contributed by atoms with Gasteiger partial charge in [0.2, 0.25) is 0 Å². The van der Waals surface area contributed by atoms with Crippen LogP contribution in [0.15, 0.2) is 54.6 Å². The van der Waals surface area contributed by atoms with Gasteiger partial charge < -0.3 is 19.5 Å². The summed E-state index contributed by atoms with van der Waals surface area (Å²) in [6, 6.07) is 18.1. The van der Waals surface area contributed by atoms with Crippen LogP contribution in [-0.2, 0) is 4.74 Å². The zero-order chi connectivity index (χ0) is 19.8. The van der Waals surface area contributed by atoms with Crippen molar-refractivity contribution < 1.29 is 19.4 Å². The van der Waals surface area contributed by atoms with Gasteiger partial charge in [0, 0.05) is 32.7 Å². The molecule has 1 atom stereocenters. The first-order valence-corrected chi connectivity index (χ1v) is 9.76. The van der Waals surface area contributed by atoms with E-state index in [4.69, 9.17) is 9.47 Å². The zero-order valence-electron chi connectivity index (χ0n) is 16.3. The third-order valence-electron chi connectivity index (χ3n) is 4.77. The van der Waals surface area contributed by atoms with Gasteiger partial charge in [0.15, 0.2) is 0 Å². The molecule has 28 heavy (non-hydrogen) atoms. The van der Waals surface area contributed by atoms with Gasteiger partial charge in [0.05, 0.1) is 6.61 Å². The van der Waals surface area contributed by atoms with E-state index in [1.165, 1.54) is 0 Å². The summed E-state index contributed by atoms with van der Waals surface area (Å²) in [7, 11) is 0. The molecule has 1 aliphatic rings. The molecule has 1 aliphatic heterocycles. The highest BCUT2D eigenvalue weighted by Crippen LogP contribution is 2.22. The second-order valence-electron chi connectivity index (χ2n) is 6.84. The molecule has 1 N–H and O–H groups in total. The Labute approximate surface area is 166 Å². The Morgan fingerprint density at radius 1 is 1.00 bits per heavy atom.